The highest BCUT2D eigenvalue weighted by molar-refractivity contribution is 5.68. The SMILES string of the molecule is [C-]#[N+]/C(=C\O)c1ccoc1. The van der Waals surface area contributed by atoms with E-state index in [1.54, 1.807) is 6.07 Å². The van der Waals surface area contributed by atoms with Crippen molar-refractivity contribution in [2.24, 2.45) is 0 Å². The minimum Gasteiger partial charge on any atom is -0.527 e. The smallest absolute Gasteiger partial charge is 0.230 e. The van der Waals surface area contributed by atoms with Gasteiger partial charge in [0.05, 0.1) is 25.4 Å². The molecule has 0 amide bonds. The molecule has 0 atom stereocenters. The van der Waals surface area contributed by atoms with Crippen LogP contribution in [0.5, 0.6) is 0 Å². The summed E-state index contributed by atoms with van der Waals surface area (Å²) in [5.41, 5.74) is 0.784. The molecule has 1 heterocycles. The number of hydrogen-bond acceptors (Lipinski definition) is 2. The van der Waals surface area contributed by atoms with Crippen molar-refractivity contribution in [2.75, 3.05) is 0 Å². The van der Waals surface area contributed by atoms with E-state index in [1.807, 2.05) is 0 Å². The van der Waals surface area contributed by atoms with Gasteiger partial charge >= 0.3 is 0 Å². The van der Waals surface area contributed by atoms with Gasteiger partial charge in [-0.25, -0.2) is 4.85 Å². The lowest BCUT2D eigenvalue weighted by Gasteiger charge is -1.85. The molecule has 3 nitrogen and oxygen atoms in total. The number of hydrogen-bond donors (Lipinski definition) is 1. The van der Waals surface area contributed by atoms with Gasteiger partial charge in [0.25, 0.3) is 0 Å². The van der Waals surface area contributed by atoms with Crippen molar-refractivity contribution in [3.8, 4) is 0 Å². The maximum absolute atomic E-state index is 8.48. The number of aliphatic hydroxyl groups is 1. The Morgan fingerprint density at radius 2 is 2.60 bits per heavy atom. The summed E-state index contributed by atoms with van der Waals surface area (Å²) in [5.74, 6) is 0. The van der Waals surface area contributed by atoms with Crippen LogP contribution in [0.2, 0.25) is 0 Å². The van der Waals surface area contributed by atoms with Crippen molar-refractivity contribution in [1.82, 2.24) is 0 Å². The molecule has 0 spiro atoms. The van der Waals surface area contributed by atoms with Gasteiger partial charge < -0.3 is 9.52 Å². The van der Waals surface area contributed by atoms with Crippen LogP contribution in [0, 0.1) is 6.57 Å². The molecular weight excluding hydrogens is 130 g/mol. The number of rotatable bonds is 1. The topological polar surface area (TPSA) is 37.7 Å². The normalized spacial score (nSPS) is 10.9. The van der Waals surface area contributed by atoms with Crippen LogP contribution >= 0.6 is 0 Å². The molecule has 0 aliphatic heterocycles. The van der Waals surface area contributed by atoms with Gasteiger partial charge in [-0.1, -0.05) is 0 Å². The van der Waals surface area contributed by atoms with E-state index in [2.05, 4.69) is 4.85 Å². The Kier molecular flexibility index (Phi) is 1.76. The molecule has 0 bridgehead atoms. The highest BCUT2D eigenvalue weighted by Gasteiger charge is 2.00. The summed E-state index contributed by atoms with van der Waals surface area (Å²) in [7, 11) is 0. The van der Waals surface area contributed by atoms with Gasteiger partial charge in [0.15, 0.2) is 0 Å². The molecule has 0 radical (unpaired) electrons. The Balaban J connectivity index is 2.99. The van der Waals surface area contributed by atoms with E-state index in [9.17, 15) is 0 Å². The van der Waals surface area contributed by atoms with E-state index in [1.165, 1.54) is 12.5 Å². The summed E-state index contributed by atoms with van der Waals surface area (Å²) >= 11 is 0. The number of nitrogens with zero attached hydrogens (tertiary/aromatic N) is 1. The molecule has 0 unspecified atom stereocenters. The first-order valence-corrected chi connectivity index (χ1v) is 2.63. The summed E-state index contributed by atoms with van der Waals surface area (Å²) in [6.45, 7) is 6.59. The molecular formula is C7H5NO2. The first kappa shape index (κ1) is 6.43. The molecule has 0 saturated heterocycles. The van der Waals surface area contributed by atoms with Crippen LogP contribution in [-0.2, 0) is 0 Å². The van der Waals surface area contributed by atoms with Crippen molar-refractivity contribution >= 4 is 5.70 Å². The fourth-order valence-electron chi connectivity index (χ4n) is 0.578. The summed E-state index contributed by atoms with van der Waals surface area (Å²) in [6, 6.07) is 1.61. The first-order valence-electron chi connectivity index (χ1n) is 2.63. The highest BCUT2D eigenvalue weighted by atomic mass is 16.3. The minimum absolute atomic E-state index is 0.189. The van der Waals surface area contributed by atoms with E-state index in [-0.39, 0.29) is 5.70 Å². The summed E-state index contributed by atoms with van der Waals surface area (Å²) in [5, 5.41) is 8.48. The molecule has 0 saturated carbocycles. The Bertz CT molecular complexity index is 266. The predicted molar refractivity (Wildman–Crippen MR) is 35.9 cm³/mol. The van der Waals surface area contributed by atoms with Crippen molar-refractivity contribution in [3.63, 3.8) is 0 Å². The summed E-state index contributed by atoms with van der Waals surface area (Å²) < 4.78 is 4.70. The number of furan rings is 1. The van der Waals surface area contributed by atoms with Gasteiger partial charge in [-0.05, 0) is 6.07 Å². The molecule has 0 aliphatic carbocycles. The average Bonchev–Trinajstić information content (AvgIpc) is 2.43. The lowest BCUT2D eigenvalue weighted by atomic mass is 10.3. The second-order valence-electron chi connectivity index (χ2n) is 1.64. The van der Waals surface area contributed by atoms with Crippen LogP contribution in [-0.4, -0.2) is 5.11 Å². The zero-order valence-electron chi connectivity index (χ0n) is 5.11. The Morgan fingerprint density at radius 3 is 3.00 bits per heavy atom. The fourth-order valence-corrected chi connectivity index (χ4v) is 0.578. The van der Waals surface area contributed by atoms with Crippen molar-refractivity contribution in [2.45, 2.75) is 0 Å². The third-order valence-electron chi connectivity index (χ3n) is 1.06. The van der Waals surface area contributed by atoms with Crippen molar-refractivity contribution in [3.05, 3.63) is 41.8 Å². The lowest BCUT2D eigenvalue weighted by Crippen LogP contribution is -1.70. The zero-order chi connectivity index (χ0) is 7.40. The molecule has 1 rings (SSSR count). The van der Waals surface area contributed by atoms with Crippen LogP contribution in [0.4, 0.5) is 0 Å². The summed E-state index contributed by atoms with van der Waals surface area (Å²) in [6.07, 6.45) is 3.61. The molecule has 1 N–H and O–H groups in total. The fraction of sp³-hybridized carbons (Fsp3) is 0. The maximum Gasteiger partial charge on any atom is 0.230 e. The van der Waals surface area contributed by atoms with E-state index in [0.717, 1.165) is 6.26 Å². The van der Waals surface area contributed by atoms with Crippen LogP contribution in [0.25, 0.3) is 10.5 Å². The molecule has 0 aromatic carbocycles. The van der Waals surface area contributed by atoms with Gasteiger partial charge in [0.1, 0.15) is 0 Å². The zero-order valence-corrected chi connectivity index (χ0v) is 5.11. The van der Waals surface area contributed by atoms with E-state index < -0.39 is 0 Å². The van der Waals surface area contributed by atoms with Gasteiger partial charge in [0, 0.05) is 5.56 Å². The molecule has 1 aromatic heterocycles. The van der Waals surface area contributed by atoms with E-state index >= 15 is 0 Å². The van der Waals surface area contributed by atoms with Gasteiger partial charge in [-0.3, -0.25) is 0 Å². The molecule has 0 aliphatic rings. The third kappa shape index (κ3) is 1.00. The standard InChI is InChI=1S/C7H5NO2/c1-8-7(4-9)6-2-3-10-5-6/h2-5,9H/b7-4-. The van der Waals surface area contributed by atoms with E-state index in [0.29, 0.717) is 5.56 Å². The van der Waals surface area contributed by atoms with Crippen LogP contribution in [0.15, 0.2) is 29.3 Å². The van der Waals surface area contributed by atoms with Crippen molar-refractivity contribution in [1.29, 1.82) is 0 Å². The third-order valence-corrected chi connectivity index (χ3v) is 1.06. The molecule has 10 heavy (non-hydrogen) atoms. The second-order valence-corrected chi connectivity index (χ2v) is 1.64. The highest BCUT2D eigenvalue weighted by Crippen LogP contribution is 2.14. The predicted octanol–water partition coefficient (Wildman–Crippen LogP) is 2.06. The van der Waals surface area contributed by atoms with Gasteiger partial charge in [-0.15, -0.1) is 0 Å². The Labute approximate surface area is 58.0 Å². The molecule has 1 aromatic rings. The second kappa shape index (κ2) is 2.74. The monoisotopic (exact) mass is 135 g/mol. The molecule has 0 fully saturated rings. The first-order chi connectivity index (χ1) is 4.88. The van der Waals surface area contributed by atoms with Gasteiger partial charge in [-0.2, -0.15) is 0 Å². The summed E-state index contributed by atoms with van der Waals surface area (Å²) in [4.78, 5) is 3.05. The van der Waals surface area contributed by atoms with Crippen LogP contribution in [0.1, 0.15) is 5.56 Å². The average molecular weight is 135 g/mol. The Morgan fingerprint density at radius 1 is 1.80 bits per heavy atom. The van der Waals surface area contributed by atoms with Gasteiger partial charge in [0.2, 0.25) is 5.70 Å². The quantitative estimate of drug-likeness (QED) is 0.472. The molecule has 3 heteroatoms. The lowest BCUT2D eigenvalue weighted by molar-refractivity contribution is 0.476. The van der Waals surface area contributed by atoms with E-state index in [4.69, 9.17) is 16.1 Å². The molecule has 50 valence electrons. The minimum atomic E-state index is 0.189. The maximum atomic E-state index is 8.48. The number of aliphatic hydroxyl groups excluding tert-OH is 1. The van der Waals surface area contributed by atoms with Crippen LogP contribution in [0.3, 0.4) is 0 Å². The largest absolute Gasteiger partial charge is 0.527 e. The van der Waals surface area contributed by atoms with Crippen LogP contribution < -0.4 is 0 Å². The van der Waals surface area contributed by atoms with Crippen molar-refractivity contribution < 1.29 is 9.52 Å². The Hall–Kier alpha value is -1.69.